The van der Waals surface area contributed by atoms with Crippen molar-refractivity contribution in [2.24, 2.45) is 11.7 Å². The standard InChI is InChI=1S/C13H21N3O2/c1-3-10(7-14)6-12(17)15-8-11-4-5-13(18-2)16-9-11/h4-5,9-10H,3,6-8,14H2,1-2H3,(H,15,17). The van der Waals surface area contributed by atoms with E-state index in [4.69, 9.17) is 10.5 Å². The lowest BCUT2D eigenvalue weighted by Crippen LogP contribution is -2.27. The second-order valence-corrected chi connectivity index (χ2v) is 4.20. The molecule has 18 heavy (non-hydrogen) atoms. The van der Waals surface area contributed by atoms with Gasteiger partial charge in [-0.2, -0.15) is 0 Å². The van der Waals surface area contributed by atoms with Crippen LogP contribution in [-0.4, -0.2) is 24.5 Å². The first-order valence-corrected chi connectivity index (χ1v) is 6.15. The van der Waals surface area contributed by atoms with Crippen LogP contribution in [0, 0.1) is 5.92 Å². The summed E-state index contributed by atoms with van der Waals surface area (Å²) >= 11 is 0. The van der Waals surface area contributed by atoms with Crippen molar-refractivity contribution in [1.29, 1.82) is 0 Å². The number of amides is 1. The van der Waals surface area contributed by atoms with Gasteiger partial charge >= 0.3 is 0 Å². The molecule has 1 rings (SSSR count). The average Bonchev–Trinajstić information content (AvgIpc) is 2.43. The minimum absolute atomic E-state index is 0.0307. The van der Waals surface area contributed by atoms with E-state index in [1.54, 1.807) is 19.4 Å². The molecule has 0 aliphatic carbocycles. The lowest BCUT2D eigenvalue weighted by molar-refractivity contribution is -0.122. The number of carbonyl (C=O) groups excluding carboxylic acids is 1. The van der Waals surface area contributed by atoms with Crippen molar-refractivity contribution in [3.05, 3.63) is 23.9 Å². The Morgan fingerprint density at radius 3 is 2.83 bits per heavy atom. The van der Waals surface area contributed by atoms with Crippen LogP contribution >= 0.6 is 0 Å². The third-order valence-corrected chi connectivity index (χ3v) is 2.88. The molecule has 0 spiro atoms. The summed E-state index contributed by atoms with van der Waals surface area (Å²) in [7, 11) is 1.57. The van der Waals surface area contributed by atoms with Gasteiger partial charge in [-0.25, -0.2) is 4.98 Å². The fourth-order valence-electron chi connectivity index (χ4n) is 1.57. The molecule has 0 saturated heterocycles. The smallest absolute Gasteiger partial charge is 0.220 e. The van der Waals surface area contributed by atoms with Crippen molar-refractivity contribution in [1.82, 2.24) is 10.3 Å². The molecular weight excluding hydrogens is 230 g/mol. The number of ether oxygens (including phenoxy) is 1. The first kappa shape index (κ1) is 14.4. The molecule has 0 fully saturated rings. The monoisotopic (exact) mass is 251 g/mol. The number of methoxy groups -OCH3 is 1. The number of rotatable bonds is 7. The third kappa shape index (κ3) is 4.71. The van der Waals surface area contributed by atoms with Gasteiger partial charge in [-0.05, 0) is 18.0 Å². The highest BCUT2D eigenvalue weighted by molar-refractivity contribution is 5.76. The summed E-state index contributed by atoms with van der Waals surface area (Å²) in [6, 6.07) is 3.66. The van der Waals surface area contributed by atoms with E-state index >= 15 is 0 Å². The van der Waals surface area contributed by atoms with Gasteiger partial charge in [0.15, 0.2) is 0 Å². The van der Waals surface area contributed by atoms with E-state index in [0.29, 0.717) is 25.4 Å². The maximum atomic E-state index is 11.7. The Morgan fingerprint density at radius 2 is 2.33 bits per heavy atom. The zero-order valence-electron chi connectivity index (χ0n) is 11.0. The van der Waals surface area contributed by atoms with Gasteiger partial charge in [-0.15, -0.1) is 0 Å². The molecule has 1 atom stereocenters. The number of carbonyl (C=O) groups is 1. The summed E-state index contributed by atoms with van der Waals surface area (Å²) in [6.07, 6.45) is 3.10. The normalized spacial score (nSPS) is 11.9. The Morgan fingerprint density at radius 1 is 1.56 bits per heavy atom. The van der Waals surface area contributed by atoms with Gasteiger partial charge in [0, 0.05) is 25.2 Å². The molecule has 100 valence electrons. The zero-order chi connectivity index (χ0) is 13.4. The summed E-state index contributed by atoms with van der Waals surface area (Å²) in [5, 5.41) is 2.86. The van der Waals surface area contributed by atoms with E-state index in [1.165, 1.54) is 0 Å². The topological polar surface area (TPSA) is 77.2 Å². The van der Waals surface area contributed by atoms with E-state index < -0.39 is 0 Å². The van der Waals surface area contributed by atoms with Crippen LogP contribution in [0.25, 0.3) is 0 Å². The third-order valence-electron chi connectivity index (χ3n) is 2.88. The number of hydrogen-bond donors (Lipinski definition) is 2. The summed E-state index contributed by atoms with van der Waals surface area (Å²) in [5.74, 6) is 0.862. The highest BCUT2D eigenvalue weighted by Crippen LogP contribution is 2.08. The van der Waals surface area contributed by atoms with Gasteiger partial charge < -0.3 is 15.8 Å². The molecule has 1 aromatic heterocycles. The molecule has 5 nitrogen and oxygen atoms in total. The van der Waals surface area contributed by atoms with Crippen LogP contribution in [0.3, 0.4) is 0 Å². The lowest BCUT2D eigenvalue weighted by Gasteiger charge is -2.12. The Labute approximate surface area is 108 Å². The Hall–Kier alpha value is -1.62. The van der Waals surface area contributed by atoms with Crippen molar-refractivity contribution in [2.75, 3.05) is 13.7 Å². The maximum Gasteiger partial charge on any atom is 0.220 e. The maximum absolute atomic E-state index is 11.7. The molecule has 0 aliphatic rings. The SMILES string of the molecule is CCC(CN)CC(=O)NCc1ccc(OC)nc1. The summed E-state index contributed by atoms with van der Waals surface area (Å²) in [5.41, 5.74) is 6.52. The fraction of sp³-hybridized carbons (Fsp3) is 0.538. The molecule has 5 heteroatoms. The second kappa shape index (κ2) is 7.66. The van der Waals surface area contributed by atoms with Crippen LogP contribution in [0.1, 0.15) is 25.3 Å². The van der Waals surface area contributed by atoms with Crippen molar-refractivity contribution in [3.8, 4) is 5.88 Å². The van der Waals surface area contributed by atoms with Crippen molar-refractivity contribution < 1.29 is 9.53 Å². The summed E-state index contributed by atoms with van der Waals surface area (Å²) in [6.45, 7) is 3.07. The minimum atomic E-state index is 0.0307. The highest BCUT2D eigenvalue weighted by atomic mass is 16.5. The molecule has 1 amide bonds. The van der Waals surface area contributed by atoms with Gasteiger partial charge in [-0.1, -0.05) is 19.4 Å². The average molecular weight is 251 g/mol. The summed E-state index contributed by atoms with van der Waals surface area (Å²) < 4.78 is 4.96. The van der Waals surface area contributed by atoms with E-state index in [0.717, 1.165) is 12.0 Å². The molecule has 0 aliphatic heterocycles. The van der Waals surface area contributed by atoms with Gasteiger partial charge in [0.2, 0.25) is 11.8 Å². The Bertz CT molecular complexity index is 361. The molecule has 0 aromatic carbocycles. The van der Waals surface area contributed by atoms with Crippen LogP contribution < -0.4 is 15.8 Å². The van der Waals surface area contributed by atoms with Gasteiger partial charge in [0.25, 0.3) is 0 Å². The fourth-order valence-corrected chi connectivity index (χ4v) is 1.57. The molecule has 0 saturated carbocycles. The molecule has 1 unspecified atom stereocenters. The number of nitrogens with two attached hydrogens (primary N) is 1. The molecule has 0 radical (unpaired) electrons. The Balaban J connectivity index is 2.37. The van der Waals surface area contributed by atoms with Crippen LogP contribution in [0.4, 0.5) is 0 Å². The van der Waals surface area contributed by atoms with Crippen LogP contribution in [-0.2, 0) is 11.3 Å². The van der Waals surface area contributed by atoms with Crippen LogP contribution in [0.5, 0.6) is 5.88 Å². The van der Waals surface area contributed by atoms with Crippen molar-refractivity contribution in [3.63, 3.8) is 0 Å². The van der Waals surface area contributed by atoms with E-state index in [1.807, 2.05) is 13.0 Å². The predicted octanol–water partition coefficient (Wildman–Crippen LogP) is 1.08. The van der Waals surface area contributed by atoms with E-state index in [-0.39, 0.29) is 11.8 Å². The first-order chi connectivity index (χ1) is 8.69. The number of nitrogens with one attached hydrogen (secondary N) is 1. The van der Waals surface area contributed by atoms with Crippen LogP contribution in [0.2, 0.25) is 0 Å². The molecule has 1 heterocycles. The van der Waals surface area contributed by atoms with Crippen molar-refractivity contribution in [2.45, 2.75) is 26.3 Å². The van der Waals surface area contributed by atoms with Crippen molar-refractivity contribution >= 4 is 5.91 Å². The minimum Gasteiger partial charge on any atom is -0.481 e. The zero-order valence-corrected chi connectivity index (χ0v) is 11.0. The first-order valence-electron chi connectivity index (χ1n) is 6.15. The summed E-state index contributed by atoms with van der Waals surface area (Å²) in [4.78, 5) is 15.7. The van der Waals surface area contributed by atoms with Gasteiger partial charge in [0.05, 0.1) is 7.11 Å². The second-order valence-electron chi connectivity index (χ2n) is 4.20. The number of aromatic nitrogens is 1. The van der Waals surface area contributed by atoms with Gasteiger partial charge in [-0.3, -0.25) is 4.79 Å². The molecular formula is C13H21N3O2. The number of nitrogens with zero attached hydrogens (tertiary/aromatic N) is 1. The number of hydrogen-bond acceptors (Lipinski definition) is 4. The van der Waals surface area contributed by atoms with E-state index in [2.05, 4.69) is 10.3 Å². The quantitative estimate of drug-likeness (QED) is 0.760. The largest absolute Gasteiger partial charge is 0.481 e. The molecule has 3 N–H and O–H groups in total. The van der Waals surface area contributed by atoms with E-state index in [9.17, 15) is 4.79 Å². The molecule has 0 bridgehead atoms. The lowest BCUT2D eigenvalue weighted by atomic mass is 10.0. The van der Waals surface area contributed by atoms with Gasteiger partial charge in [0.1, 0.15) is 0 Å². The molecule has 1 aromatic rings. The van der Waals surface area contributed by atoms with Crippen LogP contribution in [0.15, 0.2) is 18.3 Å². The number of pyridine rings is 1. The predicted molar refractivity (Wildman–Crippen MR) is 70.1 cm³/mol. The Kier molecular flexibility index (Phi) is 6.14. The highest BCUT2D eigenvalue weighted by Gasteiger charge is 2.10.